The van der Waals surface area contributed by atoms with Gasteiger partial charge in [0, 0.05) is 26.6 Å². The number of carboxylic acid groups (broad SMARTS) is 1. The lowest BCUT2D eigenvalue weighted by molar-refractivity contribution is -0.138. The van der Waals surface area contributed by atoms with Crippen LogP contribution in [-0.4, -0.2) is 208 Å². The molecular weight excluding hydrogens is 1300 g/mol. The largest absolute Gasteiger partial charge is 0.488 e. The number of nitrogen functional groups attached to an aromatic ring is 1. The molecule has 0 bridgehead atoms. The highest BCUT2D eigenvalue weighted by Crippen LogP contribution is 2.71. The third-order valence-corrected chi connectivity index (χ3v) is 18.8. The quantitative estimate of drug-likeness (QED) is 0.0129. The van der Waals surface area contributed by atoms with E-state index in [-0.39, 0.29) is 104 Å². The second-order valence-electron chi connectivity index (χ2n) is 21.1. The molecule has 2 aromatic rings. The number of amides is 8. The number of aliphatic carboxylic acids is 1. The van der Waals surface area contributed by atoms with Gasteiger partial charge in [0.05, 0.1) is 24.7 Å². The van der Waals surface area contributed by atoms with Crippen LogP contribution in [0.4, 0.5) is 5.82 Å². The third-order valence-electron chi connectivity index (χ3n) is 12.4. The Hall–Kier alpha value is -7.04. The van der Waals surface area contributed by atoms with Crippen LogP contribution in [0.2, 0.25) is 0 Å². The molecule has 3 unspecified atom stereocenters. The van der Waals surface area contributed by atoms with Crippen LogP contribution >= 0.6 is 33.8 Å². The van der Waals surface area contributed by atoms with Crippen molar-refractivity contribution in [3.05, 3.63) is 12.7 Å². The number of ether oxygens (including phenoxy) is 1. The molecule has 24 N–H and O–H groups in total. The first-order valence-corrected chi connectivity index (χ1v) is 33.8. The molecule has 8 amide bonds. The number of hydrogen-bond donors (Lipinski definition) is 19. The van der Waals surface area contributed by atoms with E-state index in [1.807, 2.05) is 0 Å². The Labute approximate surface area is 523 Å². The standard InChI is InChI=1S/C46H80N19O22P3S/c1-21(2)13-27(39(73)55-16-32(68)69)63-43(77)29(15-54-31(67)18-91-90(82,83)87-89(80,81)86-88(78,79)84-17-30-34(70)35(71)44(85-30)65-20-58-33-36(47)56-19-57-37(33)65)59-23(5)38(72)61-25(9-7-11-52-45(48)49)40(74)62-26(10-8-12-53-46(50)51)41(75)64-28(14-22(3)4)42(76)60-24(6)66/h19-23,25-30,34-35,44,59,70-71H,7-18H2,1-6H3,(H,54,67)(H,55,73)(H,61,72)(H,62,74)(H,63,77)(H,64,75)(H,68,69)(H,78,79)(H,80,81)(H,82,83)(H2,47,56,57)(H4,48,49,52)(H4,50,51,53)(H,60,66,76)/t23-,25-,26-,27-,28-,29+,30+,34-,35-,44+/m0/s1. The van der Waals surface area contributed by atoms with Crippen LogP contribution in [0.25, 0.3) is 11.2 Å². The highest BCUT2D eigenvalue weighted by Gasteiger charge is 2.47. The third kappa shape index (κ3) is 27.8. The van der Waals surface area contributed by atoms with Gasteiger partial charge in [0.1, 0.15) is 66.9 Å². The summed E-state index contributed by atoms with van der Waals surface area (Å²) >= 11 is -0.347. The number of phosphoric acid groups is 2. The van der Waals surface area contributed by atoms with Gasteiger partial charge in [-0.3, -0.25) is 72.9 Å². The van der Waals surface area contributed by atoms with Crippen molar-refractivity contribution in [3.63, 3.8) is 0 Å². The zero-order valence-electron chi connectivity index (χ0n) is 50.1. The van der Waals surface area contributed by atoms with Crippen LogP contribution in [-0.2, 0) is 74.7 Å². The molecule has 0 radical (unpaired) electrons. The van der Waals surface area contributed by atoms with Gasteiger partial charge < -0.3 is 95.3 Å². The van der Waals surface area contributed by atoms with Gasteiger partial charge in [0.25, 0.3) is 0 Å². The highest BCUT2D eigenvalue weighted by atomic mass is 32.7. The highest BCUT2D eigenvalue weighted by molar-refractivity contribution is 8.55. The maximum absolute atomic E-state index is 14.2. The molecule has 45 heteroatoms. The number of nitrogens with zero attached hydrogens (tertiary/aromatic N) is 6. The minimum atomic E-state index is -6.10. The Morgan fingerprint density at radius 2 is 1.23 bits per heavy atom. The van der Waals surface area contributed by atoms with Crippen molar-refractivity contribution in [3.8, 4) is 0 Å². The van der Waals surface area contributed by atoms with Crippen molar-refractivity contribution in [2.75, 3.05) is 44.3 Å². The number of rotatable bonds is 39. The van der Waals surface area contributed by atoms with Crippen LogP contribution < -0.4 is 71.2 Å². The van der Waals surface area contributed by atoms with E-state index in [2.05, 4.69) is 80.6 Å². The summed E-state index contributed by atoms with van der Waals surface area (Å²) in [5.41, 5.74) is 27.8. The minimum Gasteiger partial charge on any atom is -0.480 e. The molecule has 41 nitrogen and oxygen atoms in total. The summed E-state index contributed by atoms with van der Waals surface area (Å²) in [7, 11) is -11.9. The molecule has 13 atom stereocenters. The first kappa shape index (κ1) is 78.2. The summed E-state index contributed by atoms with van der Waals surface area (Å²) in [4.78, 5) is 169. The van der Waals surface area contributed by atoms with E-state index < -0.39 is 162 Å². The van der Waals surface area contributed by atoms with Crippen LogP contribution in [0.1, 0.15) is 86.3 Å². The maximum Gasteiger partial charge on any atom is 0.488 e. The number of carbonyl (C=O) groups is 9. The van der Waals surface area contributed by atoms with Crippen LogP contribution in [0, 0.1) is 11.8 Å². The Morgan fingerprint density at radius 1 is 0.703 bits per heavy atom. The van der Waals surface area contributed by atoms with Gasteiger partial charge in [-0.25, -0.2) is 28.6 Å². The molecule has 91 heavy (non-hydrogen) atoms. The summed E-state index contributed by atoms with van der Waals surface area (Å²) in [6, 6.07) is -8.92. The van der Waals surface area contributed by atoms with E-state index >= 15 is 0 Å². The molecule has 3 rings (SSSR count). The molecular formula is C46H80N19O22P3S. The smallest absolute Gasteiger partial charge is 0.480 e. The van der Waals surface area contributed by atoms with Crippen LogP contribution in [0.3, 0.4) is 0 Å². The van der Waals surface area contributed by atoms with E-state index in [1.54, 1.807) is 27.7 Å². The van der Waals surface area contributed by atoms with Crippen molar-refractivity contribution in [1.29, 1.82) is 0 Å². The van der Waals surface area contributed by atoms with E-state index in [1.165, 1.54) is 6.92 Å². The lowest BCUT2D eigenvalue weighted by Gasteiger charge is -2.28. The van der Waals surface area contributed by atoms with Gasteiger partial charge in [0.2, 0.25) is 47.3 Å². The molecule has 0 aliphatic carbocycles. The molecule has 2 aromatic heterocycles. The Bertz CT molecular complexity index is 3100. The Morgan fingerprint density at radius 3 is 1.76 bits per heavy atom. The van der Waals surface area contributed by atoms with Gasteiger partial charge in [-0.1, -0.05) is 27.7 Å². The van der Waals surface area contributed by atoms with Crippen molar-refractivity contribution < 1.29 is 105 Å². The topological polar surface area (TPSA) is 658 Å². The Balaban J connectivity index is 1.82. The second kappa shape index (κ2) is 36.3. The number of imide groups is 1. The zero-order chi connectivity index (χ0) is 68.7. The summed E-state index contributed by atoms with van der Waals surface area (Å²) in [6.07, 6.45) is -4.69. The number of anilines is 1. The average Bonchev–Trinajstić information content (AvgIpc) is 1.64. The van der Waals surface area contributed by atoms with E-state index in [9.17, 15) is 86.8 Å². The molecule has 1 saturated heterocycles. The summed E-state index contributed by atoms with van der Waals surface area (Å²) in [6.45, 7) is 0.662. The molecule has 0 aromatic carbocycles. The number of aliphatic hydroxyl groups excluding tert-OH is 2. The minimum absolute atomic E-state index is 0.0146. The number of hydrogen-bond acceptors (Lipinski definition) is 26. The molecule has 512 valence electrons. The van der Waals surface area contributed by atoms with Crippen molar-refractivity contribution in [1.82, 2.24) is 62.1 Å². The maximum atomic E-state index is 14.2. The van der Waals surface area contributed by atoms with Gasteiger partial charge in [-0.05, 0) is 68.7 Å². The number of aromatic nitrogens is 4. The Kier molecular flexibility index (Phi) is 31.2. The van der Waals surface area contributed by atoms with Crippen molar-refractivity contribution in [2.45, 2.75) is 141 Å². The number of guanidine groups is 2. The predicted octanol–water partition coefficient (Wildman–Crippen LogP) is -5.42. The van der Waals surface area contributed by atoms with Crippen molar-refractivity contribution in [2.24, 2.45) is 44.8 Å². The molecule has 1 aliphatic rings. The molecule has 0 saturated carbocycles. The number of phosphoric ester groups is 1. The first-order valence-electron chi connectivity index (χ1n) is 27.6. The summed E-state index contributed by atoms with van der Waals surface area (Å²) < 4.78 is 58.4. The van der Waals surface area contributed by atoms with Gasteiger partial charge in [-0.15, -0.1) is 0 Å². The van der Waals surface area contributed by atoms with Crippen LogP contribution in [0.15, 0.2) is 22.6 Å². The number of aliphatic imine (C=N–C) groups is 2. The molecule has 0 spiro atoms. The SMILES string of the molecule is CC(=O)NC(=O)[C@H](CC(C)C)NC(=O)[C@H](CCCN=C(N)N)NC(=O)[C@H](CCCN=C(N)N)NC(=O)[C@H](C)N[C@H](CNC(=O)CSP(=O)(O)OP(=O)(O)OP(=O)(O)OC[C@H]1O[C@@H](n2cnc3c(N)ncnc32)[C@@H](O)[C@H]1O)C(=O)N[C@@H](CC(C)C)C(=O)NCC(=O)O. The fourth-order valence-electron chi connectivity index (χ4n) is 8.27. The number of imidazole rings is 1. The fourth-order valence-corrected chi connectivity index (χ4v) is 13.9. The van der Waals surface area contributed by atoms with Gasteiger partial charge in [-0.2, -0.15) is 8.62 Å². The average molecular weight is 1380 g/mol. The molecule has 3 heterocycles. The number of nitrogens with one attached hydrogen (secondary N) is 8. The zero-order valence-corrected chi connectivity index (χ0v) is 53.6. The molecule has 1 fully saturated rings. The summed E-state index contributed by atoms with van der Waals surface area (Å²) in [5.74, 6) is -11.4. The van der Waals surface area contributed by atoms with Crippen molar-refractivity contribution >= 4 is 116 Å². The number of nitrogens with two attached hydrogens (primary N) is 5. The number of aliphatic hydroxyl groups is 2. The summed E-state index contributed by atoms with van der Waals surface area (Å²) in [5, 5.41) is 49.6. The van der Waals surface area contributed by atoms with E-state index in [0.717, 1.165) is 24.1 Å². The monoisotopic (exact) mass is 1380 g/mol. The van der Waals surface area contributed by atoms with E-state index in [4.69, 9.17) is 33.4 Å². The lowest BCUT2D eigenvalue weighted by atomic mass is 10.0. The van der Waals surface area contributed by atoms with Gasteiger partial charge in [0.15, 0.2) is 29.6 Å². The van der Waals surface area contributed by atoms with Gasteiger partial charge >= 0.3 is 28.4 Å². The molecule has 1 aliphatic heterocycles. The normalized spacial score (nSPS) is 19.5. The first-order chi connectivity index (χ1) is 42.3. The fraction of sp³-hybridized carbons (Fsp3) is 0.652. The predicted molar refractivity (Wildman–Crippen MR) is 321 cm³/mol. The lowest BCUT2D eigenvalue weighted by Crippen LogP contribution is -2.61. The number of fused-ring (bicyclic) bond motifs is 1. The number of carboxylic acids is 1. The number of carbonyl (C=O) groups excluding carboxylic acids is 8. The second-order valence-corrected chi connectivity index (χ2v) is 28.2. The van der Waals surface area contributed by atoms with Crippen LogP contribution in [0.5, 0.6) is 0 Å². The van der Waals surface area contributed by atoms with E-state index in [0.29, 0.717) is 0 Å².